The van der Waals surface area contributed by atoms with Gasteiger partial charge in [-0.3, -0.25) is 4.79 Å². The van der Waals surface area contributed by atoms with E-state index < -0.39 is 15.1 Å². The molecule has 2 aromatic carbocycles. The standard InChI is InChI=1S/C16H13FN4O3S2/c1-21-16(19-18-14(22)11-5-3-2-4-6-11)25-15(20-21)12-7-9-13(10-8-12)26(17,23)24/h2-10H,1H3,(H,18,22)/b19-16+. The first kappa shape index (κ1) is 18.0. The summed E-state index contributed by atoms with van der Waals surface area (Å²) in [7, 11) is -3.08. The minimum absolute atomic E-state index is 0.349. The maximum absolute atomic E-state index is 12.9. The van der Waals surface area contributed by atoms with E-state index in [1.807, 2.05) is 6.07 Å². The van der Waals surface area contributed by atoms with Crippen LogP contribution in [0.1, 0.15) is 10.4 Å². The van der Waals surface area contributed by atoms with Crippen molar-refractivity contribution >= 4 is 27.5 Å². The summed E-state index contributed by atoms with van der Waals surface area (Å²) in [5.74, 6) is -0.349. The van der Waals surface area contributed by atoms with Gasteiger partial charge in [0.15, 0.2) is 0 Å². The molecule has 0 aliphatic carbocycles. The molecule has 134 valence electrons. The number of carbonyl (C=O) groups is 1. The molecule has 1 heterocycles. The van der Waals surface area contributed by atoms with E-state index in [0.717, 1.165) is 0 Å². The average Bonchev–Trinajstić information content (AvgIpc) is 3.00. The van der Waals surface area contributed by atoms with Crippen molar-refractivity contribution in [1.29, 1.82) is 0 Å². The van der Waals surface area contributed by atoms with Crippen LogP contribution in [0, 0.1) is 0 Å². The topological polar surface area (TPSA) is 93.4 Å². The molecule has 1 N–H and O–H groups in total. The summed E-state index contributed by atoms with van der Waals surface area (Å²) in [6.07, 6.45) is 0. The number of nitrogens with zero attached hydrogens (tertiary/aromatic N) is 3. The molecule has 0 radical (unpaired) electrons. The second-order valence-corrected chi connectivity index (χ2v) is 7.50. The summed E-state index contributed by atoms with van der Waals surface area (Å²) in [4.78, 5) is 12.0. The summed E-state index contributed by atoms with van der Waals surface area (Å²) < 4.78 is 36.1. The molecule has 3 rings (SSSR count). The number of aromatic nitrogens is 2. The molecule has 7 nitrogen and oxygen atoms in total. The Hall–Kier alpha value is -2.85. The maximum atomic E-state index is 12.9. The number of carbonyl (C=O) groups excluding carboxylic acids is 1. The predicted molar refractivity (Wildman–Crippen MR) is 94.3 cm³/mol. The highest BCUT2D eigenvalue weighted by Crippen LogP contribution is 2.22. The fourth-order valence-electron chi connectivity index (χ4n) is 2.08. The van der Waals surface area contributed by atoms with Crippen molar-refractivity contribution in [1.82, 2.24) is 15.2 Å². The Morgan fingerprint density at radius 2 is 1.81 bits per heavy atom. The number of rotatable bonds is 4. The van der Waals surface area contributed by atoms with E-state index >= 15 is 0 Å². The highest BCUT2D eigenvalue weighted by Gasteiger charge is 2.13. The van der Waals surface area contributed by atoms with Gasteiger partial charge in [-0.15, -0.1) is 8.99 Å². The van der Waals surface area contributed by atoms with Crippen LogP contribution in [0.5, 0.6) is 0 Å². The molecule has 10 heteroatoms. The summed E-state index contributed by atoms with van der Waals surface area (Å²) in [5, 5.41) is 8.86. The van der Waals surface area contributed by atoms with E-state index in [4.69, 9.17) is 0 Å². The zero-order valence-corrected chi connectivity index (χ0v) is 15.1. The molecule has 1 amide bonds. The lowest BCUT2D eigenvalue weighted by molar-refractivity contribution is 0.0953. The van der Waals surface area contributed by atoms with Crippen LogP contribution in [0.2, 0.25) is 0 Å². The Bertz CT molecular complexity index is 1100. The van der Waals surface area contributed by atoms with Gasteiger partial charge in [0.25, 0.3) is 5.91 Å². The van der Waals surface area contributed by atoms with Gasteiger partial charge in [-0.05, 0) is 24.3 Å². The number of hydrogen-bond acceptors (Lipinski definition) is 6. The Kier molecular flexibility index (Phi) is 4.96. The quantitative estimate of drug-likeness (QED) is 0.543. The maximum Gasteiger partial charge on any atom is 0.332 e. The molecule has 0 aliphatic rings. The van der Waals surface area contributed by atoms with Crippen LogP contribution in [-0.4, -0.2) is 24.1 Å². The summed E-state index contributed by atoms with van der Waals surface area (Å²) in [5.41, 5.74) is 3.54. The zero-order valence-electron chi connectivity index (χ0n) is 13.5. The van der Waals surface area contributed by atoms with Gasteiger partial charge in [0.2, 0.25) is 4.80 Å². The summed E-state index contributed by atoms with van der Waals surface area (Å²) in [6, 6.07) is 13.9. The molecule has 0 saturated carbocycles. The first-order valence-corrected chi connectivity index (χ1v) is 9.53. The second kappa shape index (κ2) is 7.18. The number of benzene rings is 2. The molecular formula is C16H13FN4O3S2. The Morgan fingerprint density at radius 3 is 2.42 bits per heavy atom. The van der Waals surface area contributed by atoms with Gasteiger partial charge in [0.05, 0.1) is 4.90 Å². The largest absolute Gasteiger partial charge is 0.332 e. The third-order valence-corrected chi connectivity index (χ3v) is 5.26. The van der Waals surface area contributed by atoms with Crippen molar-refractivity contribution in [3.8, 4) is 10.6 Å². The smallest absolute Gasteiger partial charge is 0.267 e. The van der Waals surface area contributed by atoms with Gasteiger partial charge in [-0.25, -0.2) is 10.1 Å². The van der Waals surface area contributed by atoms with Crippen LogP contribution >= 0.6 is 11.3 Å². The van der Waals surface area contributed by atoms with E-state index in [2.05, 4.69) is 15.6 Å². The van der Waals surface area contributed by atoms with Crippen molar-refractivity contribution in [2.24, 2.45) is 12.1 Å². The number of aryl methyl sites for hydroxylation is 1. The fraction of sp³-hybridized carbons (Fsp3) is 0.0625. The summed E-state index contributed by atoms with van der Waals surface area (Å²) in [6.45, 7) is 0. The van der Waals surface area contributed by atoms with E-state index in [1.54, 1.807) is 31.3 Å². The fourth-order valence-corrected chi connectivity index (χ4v) is 3.39. The Labute approximate surface area is 152 Å². The molecule has 0 saturated heterocycles. The van der Waals surface area contributed by atoms with Gasteiger partial charge in [-0.2, -0.15) is 13.5 Å². The van der Waals surface area contributed by atoms with Crippen molar-refractivity contribution in [2.75, 3.05) is 0 Å². The Balaban J connectivity index is 1.84. The van der Waals surface area contributed by atoms with E-state index in [9.17, 15) is 17.1 Å². The van der Waals surface area contributed by atoms with E-state index in [1.165, 1.54) is 40.3 Å². The minimum atomic E-state index is -4.74. The number of halogens is 1. The van der Waals surface area contributed by atoms with Crippen LogP contribution < -0.4 is 10.2 Å². The van der Waals surface area contributed by atoms with Crippen molar-refractivity contribution < 1.29 is 17.1 Å². The van der Waals surface area contributed by atoms with Gasteiger partial charge >= 0.3 is 10.2 Å². The minimum Gasteiger partial charge on any atom is -0.267 e. The second-order valence-electron chi connectivity index (χ2n) is 5.19. The lowest BCUT2D eigenvalue weighted by Gasteiger charge is -1.97. The molecule has 0 bridgehead atoms. The monoisotopic (exact) mass is 392 g/mol. The van der Waals surface area contributed by atoms with Crippen LogP contribution in [-0.2, 0) is 17.3 Å². The van der Waals surface area contributed by atoms with Crippen molar-refractivity contribution in [3.05, 3.63) is 65.0 Å². The average molecular weight is 392 g/mol. The van der Waals surface area contributed by atoms with Crippen LogP contribution in [0.15, 0.2) is 64.6 Å². The summed E-state index contributed by atoms with van der Waals surface area (Å²) >= 11 is 1.19. The molecule has 0 atom stereocenters. The van der Waals surface area contributed by atoms with Gasteiger partial charge in [0.1, 0.15) is 5.01 Å². The molecule has 3 aromatic rings. The predicted octanol–water partition coefficient (Wildman–Crippen LogP) is 2.05. The van der Waals surface area contributed by atoms with E-state index in [-0.39, 0.29) is 5.91 Å². The highest BCUT2D eigenvalue weighted by atomic mass is 32.3. The van der Waals surface area contributed by atoms with Gasteiger partial charge in [0, 0.05) is 18.2 Å². The molecule has 26 heavy (non-hydrogen) atoms. The van der Waals surface area contributed by atoms with Gasteiger partial charge < -0.3 is 0 Å². The lowest BCUT2D eigenvalue weighted by atomic mass is 10.2. The van der Waals surface area contributed by atoms with E-state index in [0.29, 0.717) is 20.9 Å². The highest BCUT2D eigenvalue weighted by molar-refractivity contribution is 7.86. The van der Waals surface area contributed by atoms with Crippen molar-refractivity contribution in [2.45, 2.75) is 4.90 Å². The van der Waals surface area contributed by atoms with Crippen LogP contribution in [0.4, 0.5) is 3.89 Å². The number of amides is 1. The van der Waals surface area contributed by atoms with Crippen LogP contribution in [0.3, 0.4) is 0 Å². The first-order chi connectivity index (χ1) is 12.3. The normalized spacial score (nSPS) is 12.2. The number of nitrogens with one attached hydrogen (secondary N) is 1. The molecular weight excluding hydrogens is 379 g/mol. The first-order valence-electron chi connectivity index (χ1n) is 7.33. The third-order valence-electron chi connectivity index (χ3n) is 3.38. The molecule has 0 spiro atoms. The number of hydrogen-bond donors (Lipinski definition) is 1. The lowest BCUT2D eigenvalue weighted by Crippen LogP contribution is -2.23. The third kappa shape index (κ3) is 4.03. The van der Waals surface area contributed by atoms with Crippen molar-refractivity contribution in [3.63, 3.8) is 0 Å². The SMILES string of the molecule is Cn1nc(-c2ccc(S(=O)(=O)F)cc2)s/c1=N/NC(=O)c1ccccc1. The molecule has 0 aliphatic heterocycles. The molecule has 0 fully saturated rings. The molecule has 1 aromatic heterocycles. The Morgan fingerprint density at radius 1 is 1.15 bits per heavy atom. The molecule has 0 unspecified atom stereocenters. The zero-order chi connectivity index (χ0) is 18.7. The van der Waals surface area contributed by atoms with Crippen LogP contribution in [0.25, 0.3) is 10.6 Å². The van der Waals surface area contributed by atoms with Gasteiger partial charge in [-0.1, -0.05) is 41.7 Å².